The molecule has 1 heterocycles. The van der Waals surface area contributed by atoms with Crippen LogP contribution in [0.1, 0.15) is 36.9 Å². The fraction of sp³-hybridized carbons (Fsp3) is 0.333. The monoisotopic (exact) mass is 300 g/mol. The number of fused-ring (bicyclic) bond motifs is 1. The van der Waals surface area contributed by atoms with E-state index < -0.39 is 0 Å². The normalized spacial score (nSPS) is 16.2. The molecule has 0 radical (unpaired) electrons. The first kappa shape index (κ1) is 14.4. The van der Waals surface area contributed by atoms with Gasteiger partial charge in [-0.1, -0.05) is 35.9 Å². The molecular weight excluding hydrogens is 280 g/mol. The van der Waals surface area contributed by atoms with E-state index in [0.29, 0.717) is 0 Å². The van der Waals surface area contributed by atoms with Crippen molar-refractivity contribution in [3.05, 3.63) is 58.6 Å². The van der Waals surface area contributed by atoms with E-state index in [4.69, 9.17) is 17.3 Å². The molecule has 3 heteroatoms. The standard InChI is InChI=1S/C18H21ClN2/c1-13(20)15-9-10-18(16(19)12-15)21-11-5-4-7-14-6-2-3-8-17(14)21/h2-3,6,8-10,12-13H,4-5,7,11,20H2,1H3/t13-/m0/s1. The molecule has 1 atom stereocenters. The molecule has 0 amide bonds. The number of benzene rings is 2. The number of hydrogen-bond acceptors (Lipinski definition) is 2. The summed E-state index contributed by atoms with van der Waals surface area (Å²) in [6, 6.07) is 14.8. The van der Waals surface area contributed by atoms with Crippen LogP contribution < -0.4 is 10.6 Å². The number of nitrogens with two attached hydrogens (primary N) is 1. The van der Waals surface area contributed by atoms with Crippen LogP contribution in [0.25, 0.3) is 0 Å². The predicted octanol–water partition coefficient (Wildman–Crippen LogP) is 4.83. The number of aryl methyl sites for hydroxylation is 1. The van der Waals surface area contributed by atoms with Crippen LogP contribution in [-0.2, 0) is 6.42 Å². The van der Waals surface area contributed by atoms with Crippen LogP contribution >= 0.6 is 11.6 Å². The van der Waals surface area contributed by atoms with Gasteiger partial charge in [-0.3, -0.25) is 0 Å². The maximum absolute atomic E-state index is 6.53. The van der Waals surface area contributed by atoms with Crippen molar-refractivity contribution in [2.75, 3.05) is 11.4 Å². The van der Waals surface area contributed by atoms with Gasteiger partial charge in [-0.05, 0) is 55.5 Å². The molecule has 2 nitrogen and oxygen atoms in total. The summed E-state index contributed by atoms with van der Waals surface area (Å²) in [5.41, 5.74) is 10.8. The maximum Gasteiger partial charge on any atom is 0.0646 e. The van der Waals surface area contributed by atoms with E-state index in [1.807, 2.05) is 13.0 Å². The highest BCUT2D eigenvalue weighted by Gasteiger charge is 2.18. The highest BCUT2D eigenvalue weighted by molar-refractivity contribution is 6.33. The van der Waals surface area contributed by atoms with Gasteiger partial charge in [0.1, 0.15) is 0 Å². The number of para-hydroxylation sites is 1. The molecule has 2 aromatic carbocycles. The topological polar surface area (TPSA) is 29.3 Å². The molecule has 0 spiro atoms. The molecule has 0 fully saturated rings. The molecule has 21 heavy (non-hydrogen) atoms. The molecule has 1 aliphatic heterocycles. The molecule has 0 bridgehead atoms. The van der Waals surface area contributed by atoms with Gasteiger partial charge in [-0.2, -0.15) is 0 Å². The lowest BCUT2D eigenvalue weighted by Crippen LogP contribution is -2.18. The average molecular weight is 301 g/mol. The quantitative estimate of drug-likeness (QED) is 0.860. The summed E-state index contributed by atoms with van der Waals surface area (Å²) in [5.74, 6) is 0. The fourth-order valence-corrected chi connectivity index (χ4v) is 3.26. The van der Waals surface area contributed by atoms with Crippen molar-refractivity contribution >= 4 is 23.0 Å². The number of nitrogens with zero attached hydrogens (tertiary/aromatic N) is 1. The molecule has 1 aliphatic rings. The molecular formula is C18H21ClN2. The highest BCUT2D eigenvalue weighted by atomic mass is 35.5. The molecule has 0 unspecified atom stereocenters. The first-order valence-corrected chi connectivity index (χ1v) is 7.95. The average Bonchev–Trinajstić information content (AvgIpc) is 2.69. The van der Waals surface area contributed by atoms with Crippen LogP contribution in [-0.4, -0.2) is 6.54 Å². The van der Waals surface area contributed by atoms with Crippen LogP contribution in [0.4, 0.5) is 11.4 Å². The number of hydrogen-bond donors (Lipinski definition) is 1. The van der Waals surface area contributed by atoms with Gasteiger partial charge in [0.2, 0.25) is 0 Å². The molecule has 0 saturated heterocycles. The summed E-state index contributed by atoms with van der Waals surface area (Å²) in [6.07, 6.45) is 3.55. The lowest BCUT2D eigenvalue weighted by molar-refractivity contribution is 0.760. The Hall–Kier alpha value is -1.51. The van der Waals surface area contributed by atoms with Crippen molar-refractivity contribution < 1.29 is 0 Å². The Morgan fingerprint density at radius 3 is 2.67 bits per heavy atom. The van der Waals surface area contributed by atoms with Gasteiger partial charge in [-0.15, -0.1) is 0 Å². The second kappa shape index (κ2) is 6.08. The van der Waals surface area contributed by atoms with Gasteiger partial charge < -0.3 is 10.6 Å². The molecule has 2 aromatic rings. The zero-order valence-corrected chi connectivity index (χ0v) is 13.1. The van der Waals surface area contributed by atoms with E-state index >= 15 is 0 Å². The number of rotatable bonds is 2. The zero-order chi connectivity index (χ0) is 14.8. The molecule has 110 valence electrons. The van der Waals surface area contributed by atoms with Crippen molar-refractivity contribution in [3.63, 3.8) is 0 Å². The van der Waals surface area contributed by atoms with Gasteiger partial charge in [0.15, 0.2) is 0 Å². The summed E-state index contributed by atoms with van der Waals surface area (Å²) in [4.78, 5) is 2.34. The van der Waals surface area contributed by atoms with Crippen LogP contribution in [0, 0.1) is 0 Å². The van der Waals surface area contributed by atoms with Crippen molar-refractivity contribution in [2.24, 2.45) is 5.73 Å². The third-order valence-corrected chi connectivity index (χ3v) is 4.45. The molecule has 0 aromatic heterocycles. The SMILES string of the molecule is C[C@H](N)c1ccc(N2CCCCc3ccccc32)c(Cl)c1. The van der Waals surface area contributed by atoms with Crippen LogP contribution in [0.2, 0.25) is 5.02 Å². The van der Waals surface area contributed by atoms with E-state index in [9.17, 15) is 0 Å². The molecule has 0 aliphatic carbocycles. The van der Waals surface area contributed by atoms with Gasteiger partial charge in [-0.25, -0.2) is 0 Å². The minimum atomic E-state index is 0.00738. The lowest BCUT2D eigenvalue weighted by atomic mass is 10.1. The van der Waals surface area contributed by atoms with Crippen LogP contribution in [0.5, 0.6) is 0 Å². The van der Waals surface area contributed by atoms with Gasteiger partial charge >= 0.3 is 0 Å². The van der Waals surface area contributed by atoms with E-state index in [-0.39, 0.29) is 6.04 Å². The Morgan fingerprint density at radius 1 is 1.10 bits per heavy atom. The van der Waals surface area contributed by atoms with E-state index in [1.165, 1.54) is 24.1 Å². The number of halogens is 1. The smallest absolute Gasteiger partial charge is 0.0646 e. The van der Waals surface area contributed by atoms with Crippen molar-refractivity contribution in [2.45, 2.75) is 32.2 Å². The molecule has 3 rings (SSSR count). The summed E-state index contributed by atoms with van der Waals surface area (Å²) in [7, 11) is 0. The maximum atomic E-state index is 6.53. The second-order valence-corrected chi connectivity index (χ2v) is 6.14. The van der Waals surface area contributed by atoms with Gasteiger partial charge in [0.25, 0.3) is 0 Å². The third kappa shape index (κ3) is 2.92. The Bertz CT molecular complexity index is 637. The fourth-order valence-electron chi connectivity index (χ4n) is 2.97. The van der Waals surface area contributed by atoms with Crippen LogP contribution in [0.15, 0.2) is 42.5 Å². The largest absolute Gasteiger partial charge is 0.340 e. The second-order valence-electron chi connectivity index (χ2n) is 5.74. The summed E-state index contributed by atoms with van der Waals surface area (Å²) in [6.45, 7) is 2.99. The highest BCUT2D eigenvalue weighted by Crippen LogP contribution is 2.37. The summed E-state index contributed by atoms with van der Waals surface area (Å²) >= 11 is 6.53. The zero-order valence-electron chi connectivity index (χ0n) is 12.3. The third-order valence-electron chi connectivity index (χ3n) is 4.15. The summed E-state index contributed by atoms with van der Waals surface area (Å²) < 4.78 is 0. The Morgan fingerprint density at radius 2 is 1.90 bits per heavy atom. The lowest BCUT2D eigenvalue weighted by Gasteiger charge is -2.26. The van der Waals surface area contributed by atoms with Crippen LogP contribution in [0.3, 0.4) is 0 Å². The Balaban J connectivity index is 2.04. The summed E-state index contributed by atoms with van der Waals surface area (Å²) in [5, 5.41) is 0.779. The van der Waals surface area contributed by atoms with Crippen molar-refractivity contribution in [3.8, 4) is 0 Å². The first-order chi connectivity index (χ1) is 10.2. The Kier molecular flexibility index (Phi) is 4.18. The van der Waals surface area contributed by atoms with Crippen molar-refractivity contribution in [1.82, 2.24) is 0 Å². The predicted molar refractivity (Wildman–Crippen MR) is 90.4 cm³/mol. The number of anilines is 2. The van der Waals surface area contributed by atoms with Gasteiger partial charge in [0, 0.05) is 18.3 Å². The minimum Gasteiger partial charge on any atom is -0.340 e. The minimum absolute atomic E-state index is 0.00738. The molecule has 2 N–H and O–H groups in total. The first-order valence-electron chi connectivity index (χ1n) is 7.57. The van der Waals surface area contributed by atoms with E-state index in [1.54, 1.807) is 0 Å². The Labute approximate surface area is 131 Å². The van der Waals surface area contributed by atoms with Gasteiger partial charge in [0.05, 0.1) is 10.7 Å². The van der Waals surface area contributed by atoms with Crippen molar-refractivity contribution in [1.29, 1.82) is 0 Å². The molecule has 0 saturated carbocycles. The van der Waals surface area contributed by atoms with E-state index in [0.717, 1.165) is 29.2 Å². The van der Waals surface area contributed by atoms with E-state index in [2.05, 4.69) is 41.3 Å².